The number of aromatic nitrogens is 2. The van der Waals surface area contributed by atoms with Gasteiger partial charge in [0.1, 0.15) is 17.4 Å². The fraction of sp³-hybridized carbons (Fsp3) is 0.292. The lowest BCUT2D eigenvalue weighted by Gasteiger charge is -2.34. The third-order valence-electron chi connectivity index (χ3n) is 6.28. The van der Waals surface area contributed by atoms with Crippen molar-refractivity contribution in [2.45, 2.75) is 6.42 Å². The monoisotopic (exact) mass is 446 g/mol. The van der Waals surface area contributed by atoms with Gasteiger partial charge in [-0.05, 0) is 42.9 Å². The second-order valence-corrected chi connectivity index (χ2v) is 8.57. The third kappa shape index (κ3) is 4.03. The predicted molar refractivity (Wildman–Crippen MR) is 128 cm³/mol. The van der Waals surface area contributed by atoms with Crippen LogP contribution in [0.4, 0.5) is 11.4 Å². The minimum absolute atomic E-state index is 0.0540. The standard InChI is InChI=1S/C24H26N6O3/c1-28-8-10-29(11-9-28)17-6-7-18-19(13-17)27-24(26-18)22-20(31)14-30(23(22)25)16-4-2-15(3-5-16)12-21(32)33/h2-7,13,25,31H,8-12,14H2,1H3,(H,26,27)(H,32,33). The van der Waals surface area contributed by atoms with Crippen molar-refractivity contribution in [1.29, 1.82) is 5.41 Å². The SMILES string of the molecule is CN1CCN(c2ccc3nc(C4=C(O)CN(c5ccc(CC(=O)O)cc5)C4=N)[nH]c3c2)CC1. The molecular weight excluding hydrogens is 420 g/mol. The Balaban J connectivity index is 1.38. The van der Waals surface area contributed by atoms with E-state index < -0.39 is 5.97 Å². The van der Waals surface area contributed by atoms with E-state index in [-0.39, 0.29) is 24.6 Å². The first-order valence-electron chi connectivity index (χ1n) is 10.9. The number of aromatic amines is 1. The van der Waals surface area contributed by atoms with E-state index in [2.05, 4.69) is 38.9 Å². The highest BCUT2D eigenvalue weighted by atomic mass is 16.4. The van der Waals surface area contributed by atoms with Gasteiger partial charge in [0.05, 0.1) is 29.6 Å². The van der Waals surface area contributed by atoms with Crippen molar-refractivity contribution in [3.05, 3.63) is 59.6 Å². The number of imidazole rings is 1. The molecule has 2 aliphatic rings. The van der Waals surface area contributed by atoms with E-state index in [4.69, 9.17) is 10.5 Å². The molecule has 0 amide bonds. The van der Waals surface area contributed by atoms with Crippen LogP contribution in [-0.4, -0.2) is 76.7 Å². The van der Waals surface area contributed by atoms with Gasteiger partial charge in [0.2, 0.25) is 0 Å². The average molecular weight is 447 g/mol. The lowest BCUT2D eigenvalue weighted by molar-refractivity contribution is -0.136. The van der Waals surface area contributed by atoms with Crippen LogP contribution >= 0.6 is 0 Å². The largest absolute Gasteiger partial charge is 0.509 e. The van der Waals surface area contributed by atoms with Gasteiger partial charge in [-0.25, -0.2) is 4.98 Å². The number of aliphatic carboxylic acids is 1. The predicted octanol–water partition coefficient (Wildman–Crippen LogP) is 2.71. The van der Waals surface area contributed by atoms with Crippen molar-refractivity contribution in [2.24, 2.45) is 0 Å². The minimum Gasteiger partial charge on any atom is -0.509 e. The maximum Gasteiger partial charge on any atom is 0.307 e. The number of piperazine rings is 1. The molecule has 0 aliphatic carbocycles. The number of rotatable bonds is 5. The number of hydrogen-bond donors (Lipinski definition) is 4. The molecule has 0 saturated carbocycles. The third-order valence-corrected chi connectivity index (χ3v) is 6.28. The van der Waals surface area contributed by atoms with Crippen molar-refractivity contribution in [1.82, 2.24) is 14.9 Å². The highest BCUT2D eigenvalue weighted by Gasteiger charge is 2.31. The number of nitrogens with zero attached hydrogens (tertiary/aromatic N) is 4. The summed E-state index contributed by atoms with van der Waals surface area (Å²) in [5.74, 6) is -0.197. The quantitative estimate of drug-likeness (QED) is 0.476. The molecule has 33 heavy (non-hydrogen) atoms. The Morgan fingerprint density at radius 2 is 1.79 bits per heavy atom. The van der Waals surface area contributed by atoms with Crippen LogP contribution in [0.15, 0.2) is 48.2 Å². The summed E-state index contributed by atoms with van der Waals surface area (Å²) in [5.41, 5.74) is 4.56. The number of nitrogens with one attached hydrogen (secondary N) is 2. The van der Waals surface area contributed by atoms with Gasteiger partial charge in [-0.15, -0.1) is 0 Å². The van der Waals surface area contributed by atoms with Crippen molar-refractivity contribution in [3.63, 3.8) is 0 Å². The molecule has 1 saturated heterocycles. The highest BCUT2D eigenvalue weighted by Crippen LogP contribution is 2.32. The van der Waals surface area contributed by atoms with E-state index in [0.717, 1.165) is 42.9 Å². The fourth-order valence-corrected chi connectivity index (χ4v) is 4.39. The van der Waals surface area contributed by atoms with Crippen LogP contribution in [0.25, 0.3) is 16.6 Å². The zero-order chi connectivity index (χ0) is 23.1. The van der Waals surface area contributed by atoms with Gasteiger partial charge < -0.3 is 29.9 Å². The van der Waals surface area contributed by atoms with Crippen LogP contribution in [0, 0.1) is 5.41 Å². The molecule has 9 heteroatoms. The lowest BCUT2D eigenvalue weighted by Crippen LogP contribution is -2.44. The van der Waals surface area contributed by atoms with E-state index >= 15 is 0 Å². The number of hydrogen-bond acceptors (Lipinski definition) is 6. The summed E-state index contributed by atoms with van der Waals surface area (Å²) >= 11 is 0. The molecule has 3 heterocycles. The van der Waals surface area contributed by atoms with Crippen LogP contribution in [0.5, 0.6) is 0 Å². The van der Waals surface area contributed by atoms with Crippen molar-refractivity contribution in [3.8, 4) is 0 Å². The number of aliphatic hydroxyl groups is 1. The molecule has 3 aromatic rings. The Bertz CT molecular complexity index is 1250. The summed E-state index contributed by atoms with van der Waals surface area (Å²) in [7, 11) is 2.13. The zero-order valence-corrected chi connectivity index (χ0v) is 18.4. The summed E-state index contributed by atoms with van der Waals surface area (Å²) < 4.78 is 0. The van der Waals surface area contributed by atoms with Gasteiger partial charge in [0, 0.05) is 37.6 Å². The van der Waals surface area contributed by atoms with Gasteiger partial charge in [-0.1, -0.05) is 12.1 Å². The molecule has 4 N–H and O–H groups in total. The number of likely N-dealkylation sites (N-methyl/N-ethyl adjacent to an activating group) is 1. The van der Waals surface area contributed by atoms with Gasteiger partial charge in [0.15, 0.2) is 0 Å². The molecule has 0 unspecified atom stereocenters. The number of carboxylic acids is 1. The van der Waals surface area contributed by atoms with Crippen molar-refractivity contribution < 1.29 is 15.0 Å². The van der Waals surface area contributed by atoms with Crippen molar-refractivity contribution in [2.75, 3.05) is 49.6 Å². The first kappa shape index (κ1) is 21.0. The number of carbonyl (C=O) groups is 1. The van der Waals surface area contributed by atoms with E-state index in [9.17, 15) is 9.90 Å². The Morgan fingerprint density at radius 3 is 2.48 bits per heavy atom. The molecule has 0 spiro atoms. The van der Waals surface area contributed by atoms with Crippen LogP contribution in [0.2, 0.25) is 0 Å². The Labute approximate surface area is 191 Å². The molecule has 1 aromatic heterocycles. The second kappa shape index (κ2) is 8.25. The van der Waals surface area contributed by atoms with Gasteiger partial charge in [-0.2, -0.15) is 0 Å². The topological polar surface area (TPSA) is 120 Å². The number of anilines is 2. The van der Waals surface area contributed by atoms with Gasteiger partial charge in [-0.3, -0.25) is 10.2 Å². The summed E-state index contributed by atoms with van der Waals surface area (Å²) in [6.45, 7) is 4.16. The van der Waals surface area contributed by atoms with Crippen LogP contribution in [-0.2, 0) is 11.2 Å². The van der Waals surface area contributed by atoms with Gasteiger partial charge >= 0.3 is 5.97 Å². The Morgan fingerprint density at radius 1 is 1.09 bits per heavy atom. The van der Waals surface area contributed by atoms with E-state index in [1.807, 2.05) is 6.07 Å². The second-order valence-electron chi connectivity index (χ2n) is 8.57. The molecule has 0 atom stereocenters. The Kier molecular flexibility index (Phi) is 5.26. The molecular formula is C24H26N6O3. The number of H-pyrrole nitrogens is 1. The molecule has 0 radical (unpaired) electrons. The first-order valence-corrected chi connectivity index (χ1v) is 10.9. The summed E-state index contributed by atoms with van der Waals surface area (Å²) in [5, 5.41) is 28.3. The molecule has 2 aliphatic heterocycles. The van der Waals surface area contributed by atoms with Crippen LogP contribution < -0.4 is 9.80 Å². The number of aliphatic hydroxyl groups excluding tert-OH is 1. The zero-order valence-electron chi connectivity index (χ0n) is 18.4. The fourth-order valence-electron chi connectivity index (χ4n) is 4.39. The minimum atomic E-state index is -0.890. The number of fused-ring (bicyclic) bond motifs is 1. The summed E-state index contributed by atoms with van der Waals surface area (Å²) in [4.78, 5) is 25.2. The molecule has 2 aromatic carbocycles. The smallest absolute Gasteiger partial charge is 0.307 e. The number of amidine groups is 1. The highest BCUT2D eigenvalue weighted by molar-refractivity contribution is 6.30. The first-order chi connectivity index (χ1) is 15.9. The summed E-state index contributed by atoms with van der Waals surface area (Å²) in [6.07, 6.45) is -0.0540. The van der Waals surface area contributed by atoms with E-state index in [1.165, 1.54) is 0 Å². The molecule has 9 nitrogen and oxygen atoms in total. The van der Waals surface area contributed by atoms with E-state index in [1.54, 1.807) is 29.2 Å². The number of benzene rings is 2. The Hall–Kier alpha value is -3.85. The molecule has 170 valence electrons. The normalized spacial score (nSPS) is 17.4. The van der Waals surface area contributed by atoms with Crippen molar-refractivity contribution >= 4 is 39.8 Å². The van der Waals surface area contributed by atoms with Crippen LogP contribution in [0.3, 0.4) is 0 Å². The lowest BCUT2D eigenvalue weighted by atomic mass is 10.1. The summed E-state index contributed by atoms with van der Waals surface area (Å²) in [6, 6.07) is 13.1. The average Bonchev–Trinajstić information content (AvgIpc) is 3.33. The maximum atomic E-state index is 10.9. The molecule has 0 bridgehead atoms. The molecule has 5 rings (SSSR count). The molecule has 1 fully saturated rings. The van der Waals surface area contributed by atoms with Gasteiger partial charge in [0.25, 0.3) is 0 Å². The maximum absolute atomic E-state index is 10.9. The van der Waals surface area contributed by atoms with E-state index in [0.29, 0.717) is 22.6 Å². The number of carboxylic acid groups (broad SMARTS) is 1. The van der Waals surface area contributed by atoms with Crippen LogP contribution in [0.1, 0.15) is 11.4 Å².